The first-order valence-electron chi connectivity index (χ1n) is 9.61. The number of carbonyl (C=O) groups is 2. The minimum absolute atomic E-state index is 0.0549. The number of phenolic OH excluding ortho intramolecular Hbond substituents is 1. The van der Waals surface area contributed by atoms with Gasteiger partial charge in [-0.05, 0) is 36.8 Å². The van der Waals surface area contributed by atoms with Crippen LogP contribution in [0, 0.1) is 5.92 Å². The molecule has 1 aromatic heterocycles. The molecule has 0 aliphatic heterocycles. The van der Waals surface area contributed by atoms with Crippen LogP contribution in [0.5, 0.6) is 5.75 Å². The topological polar surface area (TPSA) is 106 Å². The van der Waals surface area contributed by atoms with E-state index in [-0.39, 0.29) is 29.8 Å². The second-order valence-corrected chi connectivity index (χ2v) is 7.25. The molecule has 3 rings (SSSR count). The van der Waals surface area contributed by atoms with Gasteiger partial charge >= 0.3 is 11.6 Å². The zero-order valence-corrected chi connectivity index (χ0v) is 16.1. The Hall–Kier alpha value is -2.83. The third kappa shape index (κ3) is 4.35. The highest BCUT2D eigenvalue weighted by atomic mass is 16.5. The average molecular weight is 387 g/mol. The van der Waals surface area contributed by atoms with Crippen molar-refractivity contribution in [2.75, 3.05) is 0 Å². The number of phenols is 1. The van der Waals surface area contributed by atoms with Crippen molar-refractivity contribution in [3.63, 3.8) is 0 Å². The summed E-state index contributed by atoms with van der Waals surface area (Å²) in [5.41, 5.74) is 0.858. The molecule has 2 N–H and O–H groups in total. The first-order valence-corrected chi connectivity index (χ1v) is 9.61. The number of fused-ring (bicyclic) bond motifs is 1. The van der Waals surface area contributed by atoms with Crippen LogP contribution in [0.1, 0.15) is 50.7 Å². The lowest BCUT2D eigenvalue weighted by Crippen LogP contribution is -2.45. The molecular formula is C21H25NO6. The summed E-state index contributed by atoms with van der Waals surface area (Å²) in [5.74, 6) is -0.655. The molecule has 1 aliphatic rings. The number of carbonyl (C=O) groups excluding carboxylic acids is 2. The lowest BCUT2D eigenvalue weighted by atomic mass is 9.98. The summed E-state index contributed by atoms with van der Waals surface area (Å²) >= 11 is 0. The molecule has 2 aromatic rings. The lowest BCUT2D eigenvalue weighted by Gasteiger charge is -2.22. The number of hydrogen-bond donors (Lipinski definition) is 2. The van der Waals surface area contributed by atoms with Gasteiger partial charge in [-0.3, -0.25) is 4.79 Å². The number of aryl methyl sites for hydroxylation is 1. The highest BCUT2D eigenvalue weighted by Crippen LogP contribution is 2.29. The summed E-state index contributed by atoms with van der Waals surface area (Å²) in [6.45, 7) is 3.17. The molecule has 7 heteroatoms. The van der Waals surface area contributed by atoms with Crippen molar-refractivity contribution in [1.29, 1.82) is 0 Å². The van der Waals surface area contributed by atoms with Crippen LogP contribution in [0.15, 0.2) is 27.4 Å². The molecule has 1 amide bonds. The van der Waals surface area contributed by atoms with E-state index in [1.54, 1.807) is 6.07 Å². The summed E-state index contributed by atoms with van der Waals surface area (Å²) in [7, 11) is 0. The zero-order valence-electron chi connectivity index (χ0n) is 16.1. The van der Waals surface area contributed by atoms with Crippen LogP contribution in [0.25, 0.3) is 11.0 Å². The van der Waals surface area contributed by atoms with Gasteiger partial charge in [-0.1, -0.05) is 19.8 Å². The molecule has 7 nitrogen and oxygen atoms in total. The summed E-state index contributed by atoms with van der Waals surface area (Å²) < 4.78 is 10.6. The first kappa shape index (κ1) is 19.9. The molecule has 1 heterocycles. The maximum absolute atomic E-state index is 12.7. The molecule has 1 aromatic carbocycles. The van der Waals surface area contributed by atoms with Crippen molar-refractivity contribution in [1.82, 2.24) is 5.32 Å². The Morgan fingerprint density at radius 3 is 2.61 bits per heavy atom. The summed E-state index contributed by atoms with van der Waals surface area (Å²) in [6, 6.07) is 3.75. The minimum atomic E-state index is -0.679. The predicted octanol–water partition coefficient (Wildman–Crippen LogP) is 2.80. The number of benzene rings is 1. The summed E-state index contributed by atoms with van der Waals surface area (Å²) in [4.78, 5) is 36.0. The molecule has 0 unspecified atom stereocenters. The maximum Gasteiger partial charge on any atom is 0.336 e. The van der Waals surface area contributed by atoms with Gasteiger partial charge in [0.05, 0.1) is 0 Å². The van der Waals surface area contributed by atoms with Gasteiger partial charge in [0.25, 0.3) is 0 Å². The summed E-state index contributed by atoms with van der Waals surface area (Å²) in [5, 5.41) is 13.3. The highest BCUT2D eigenvalue weighted by molar-refractivity contribution is 5.85. The SMILES string of the molecule is CCc1cc2c(COC(=O)[C@@H](NC(C)=O)C3CCCC3)cc(=O)oc2cc1O. The molecule has 1 fully saturated rings. The number of nitrogens with one attached hydrogen (secondary N) is 1. The molecule has 0 saturated heterocycles. The van der Waals surface area contributed by atoms with E-state index in [1.807, 2.05) is 6.92 Å². The Balaban J connectivity index is 1.84. The fraction of sp³-hybridized carbons (Fsp3) is 0.476. The van der Waals surface area contributed by atoms with Crippen molar-refractivity contribution in [3.8, 4) is 5.75 Å². The molecule has 150 valence electrons. The molecule has 0 spiro atoms. The Labute approximate surface area is 162 Å². The van der Waals surface area contributed by atoms with E-state index in [9.17, 15) is 19.5 Å². The molecule has 0 radical (unpaired) electrons. The number of hydrogen-bond acceptors (Lipinski definition) is 6. The predicted molar refractivity (Wildman–Crippen MR) is 103 cm³/mol. The first-order chi connectivity index (χ1) is 13.4. The largest absolute Gasteiger partial charge is 0.508 e. The van der Waals surface area contributed by atoms with Crippen LogP contribution in [0.3, 0.4) is 0 Å². The molecule has 28 heavy (non-hydrogen) atoms. The van der Waals surface area contributed by atoms with Crippen LogP contribution >= 0.6 is 0 Å². The van der Waals surface area contributed by atoms with Gasteiger partial charge in [0, 0.05) is 30.0 Å². The standard InChI is InChI=1S/C21H25NO6/c1-3-13-8-16-15(9-19(25)28-18(16)10-17(13)24)11-27-21(26)20(22-12(2)23)14-6-4-5-7-14/h8-10,14,20,24H,3-7,11H2,1-2H3,(H,22,23)/t20-/m0/s1. The van der Waals surface area contributed by atoms with Gasteiger partial charge in [0.1, 0.15) is 24.0 Å². The van der Waals surface area contributed by atoms with E-state index < -0.39 is 17.6 Å². The normalized spacial score (nSPS) is 15.5. The van der Waals surface area contributed by atoms with Gasteiger partial charge in [0.15, 0.2) is 0 Å². The molecule has 1 saturated carbocycles. The van der Waals surface area contributed by atoms with Gasteiger partial charge in [-0.15, -0.1) is 0 Å². The van der Waals surface area contributed by atoms with E-state index in [4.69, 9.17) is 9.15 Å². The minimum Gasteiger partial charge on any atom is -0.508 e. The van der Waals surface area contributed by atoms with E-state index in [1.165, 1.54) is 19.1 Å². The second kappa shape index (κ2) is 8.46. The van der Waals surface area contributed by atoms with Gasteiger partial charge in [-0.2, -0.15) is 0 Å². The van der Waals surface area contributed by atoms with Crippen molar-refractivity contribution < 1.29 is 23.8 Å². The summed E-state index contributed by atoms with van der Waals surface area (Å²) in [6.07, 6.45) is 4.41. The fourth-order valence-electron chi connectivity index (χ4n) is 3.83. The molecule has 1 aliphatic carbocycles. The average Bonchev–Trinajstić information content (AvgIpc) is 3.17. The second-order valence-electron chi connectivity index (χ2n) is 7.25. The lowest BCUT2D eigenvalue weighted by molar-refractivity contribution is -0.150. The number of aromatic hydroxyl groups is 1. The van der Waals surface area contributed by atoms with Crippen LogP contribution in [0.2, 0.25) is 0 Å². The van der Waals surface area contributed by atoms with E-state index in [0.29, 0.717) is 22.9 Å². The number of esters is 1. The van der Waals surface area contributed by atoms with Crippen molar-refractivity contribution in [2.45, 2.75) is 58.6 Å². The van der Waals surface area contributed by atoms with Crippen LogP contribution in [-0.4, -0.2) is 23.0 Å². The molecular weight excluding hydrogens is 362 g/mol. The monoisotopic (exact) mass is 387 g/mol. The van der Waals surface area contributed by atoms with E-state index >= 15 is 0 Å². The van der Waals surface area contributed by atoms with E-state index in [2.05, 4.69) is 5.32 Å². The van der Waals surface area contributed by atoms with E-state index in [0.717, 1.165) is 25.7 Å². The zero-order chi connectivity index (χ0) is 20.3. The van der Waals surface area contributed by atoms with Gasteiger partial charge < -0.3 is 19.6 Å². The Bertz CT molecular complexity index is 942. The van der Waals surface area contributed by atoms with Crippen molar-refractivity contribution in [2.24, 2.45) is 5.92 Å². The number of rotatable bonds is 6. The van der Waals surface area contributed by atoms with Gasteiger partial charge in [0.2, 0.25) is 5.91 Å². The Morgan fingerprint density at radius 1 is 1.25 bits per heavy atom. The van der Waals surface area contributed by atoms with Crippen molar-refractivity contribution in [3.05, 3.63) is 39.7 Å². The number of amides is 1. The Morgan fingerprint density at radius 2 is 1.96 bits per heavy atom. The maximum atomic E-state index is 12.7. The fourth-order valence-corrected chi connectivity index (χ4v) is 3.83. The van der Waals surface area contributed by atoms with Crippen LogP contribution in [-0.2, 0) is 27.4 Å². The smallest absolute Gasteiger partial charge is 0.336 e. The number of ether oxygens (including phenoxy) is 1. The highest BCUT2D eigenvalue weighted by Gasteiger charge is 2.32. The third-order valence-corrected chi connectivity index (χ3v) is 5.26. The van der Waals surface area contributed by atoms with Gasteiger partial charge in [-0.25, -0.2) is 9.59 Å². The molecule has 1 atom stereocenters. The third-order valence-electron chi connectivity index (χ3n) is 5.26. The Kier molecular flexibility index (Phi) is 6.02. The molecule has 0 bridgehead atoms. The quantitative estimate of drug-likeness (QED) is 0.583. The van der Waals surface area contributed by atoms with Crippen LogP contribution < -0.4 is 10.9 Å². The van der Waals surface area contributed by atoms with Crippen LogP contribution in [0.4, 0.5) is 0 Å². The van der Waals surface area contributed by atoms with Crippen molar-refractivity contribution >= 4 is 22.8 Å².